The predicted octanol–water partition coefficient (Wildman–Crippen LogP) is 0.988. The van der Waals surface area contributed by atoms with Crippen LogP contribution in [0.25, 0.3) is 11.3 Å². The summed E-state index contributed by atoms with van der Waals surface area (Å²) < 4.78 is 23.7. The van der Waals surface area contributed by atoms with E-state index in [2.05, 4.69) is 15.0 Å². The Morgan fingerprint density at radius 1 is 1.28 bits per heavy atom. The fourth-order valence-electron chi connectivity index (χ4n) is 1.52. The van der Waals surface area contributed by atoms with Gasteiger partial charge >= 0.3 is 0 Å². The van der Waals surface area contributed by atoms with E-state index in [4.69, 9.17) is 9.47 Å². The molecule has 18 heavy (non-hydrogen) atoms. The molecule has 0 aliphatic carbocycles. The third kappa shape index (κ3) is 1.90. The monoisotopic (exact) mass is 251 g/mol. The van der Waals surface area contributed by atoms with Gasteiger partial charge in [-0.3, -0.25) is 4.79 Å². The quantitative estimate of drug-likeness (QED) is 0.880. The molecule has 0 unspecified atom stereocenters. The number of H-pyrrole nitrogens is 1. The van der Waals surface area contributed by atoms with Crippen molar-refractivity contribution in [3.63, 3.8) is 0 Å². The number of nitrogens with zero attached hydrogens (tertiary/aromatic N) is 2. The number of aromatic nitrogens is 3. The van der Waals surface area contributed by atoms with Gasteiger partial charge in [0.25, 0.3) is 11.4 Å². The number of hydrogen-bond acceptors (Lipinski definition) is 5. The van der Waals surface area contributed by atoms with Gasteiger partial charge in [0.15, 0.2) is 5.82 Å². The topological polar surface area (TPSA) is 77.1 Å². The van der Waals surface area contributed by atoms with Crippen LogP contribution in [0.3, 0.4) is 0 Å². The molecule has 7 heteroatoms. The SMILES string of the molecule is COc1nccc(-c2nc[nH]c(=O)c2OC)c1F. The van der Waals surface area contributed by atoms with E-state index in [1.165, 1.54) is 32.8 Å². The molecule has 0 amide bonds. The molecule has 94 valence electrons. The minimum atomic E-state index is -0.698. The van der Waals surface area contributed by atoms with Gasteiger partial charge in [0.1, 0.15) is 5.69 Å². The standard InChI is InChI=1S/C11H10FN3O3/c1-17-9-8(14-5-15-10(9)16)6-3-4-13-11(18-2)7(6)12/h3-5H,1-2H3,(H,14,15,16). The van der Waals surface area contributed by atoms with Gasteiger partial charge in [-0.05, 0) is 6.07 Å². The van der Waals surface area contributed by atoms with Crippen LogP contribution in [0.2, 0.25) is 0 Å². The number of nitrogens with one attached hydrogen (secondary N) is 1. The Labute approximate surface area is 101 Å². The van der Waals surface area contributed by atoms with E-state index in [-0.39, 0.29) is 22.9 Å². The highest BCUT2D eigenvalue weighted by Gasteiger charge is 2.18. The molecule has 1 N–H and O–H groups in total. The Kier molecular flexibility index (Phi) is 3.22. The molecule has 0 fully saturated rings. The largest absolute Gasteiger partial charge is 0.490 e. The predicted molar refractivity (Wildman–Crippen MR) is 61.2 cm³/mol. The zero-order valence-corrected chi connectivity index (χ0v) is 9.73. The summed E-state index contributed by atoms with van der Waals surface area (Å²) >= 11 is 0. The lowest BCUT2D eigenvalue weighted by Gasteiger charge is -2.08. The molecule has 2 aromatic heterocycles. The number of ether oxygens (including phenoxy) is 2. The second-order valence-electron chi connectivity index (χ2n) is 3.30. The van der Waals surface area contributed by atoms with Crippen LogP contribution in [-0.2, 0) is 0 Å². The fraction of sp³-hybridized carbons (Fsp3) is 0.182. The molecule has 2 aromatic rings. The van der Waals surface area contributed by atoms with Crippen molar-refractivity contribution in [3.8, 4) is 22.9 Å². The van der Waals surface area contributed by atoms with Crippen LogP contribution in [-0.4, -0.2) is 29.2 Å². The zero-order chi connectivity index (χ0) is 13.1. The number of rotatable bonds is 3. The van der Waals surface area contributed by atoms with E-state index in [9.17, 15) is 9.18 Å². The molecule has 0 spiro atoms. The molecular formula is C11H10FN3O3. The number of halogens is 1. The summed E-state index contributed by atoms with van der Waals surface area (Å²) in [6.45, 7) is 0. The minimum absolute atomic E-state index is 0.0651. The van der Waals surface area contributed by atoms with Gasteiger partial charge in [0.05, 0.1) is 20.5 Å². The third-order valence-corrected chi connectivity index (χ3v) is 2.32. The first-order chi connectivity index (χ1) is 8.69. The average Bonchev–Trinajstić information content (AvgIpc) is 2.39. The lowest BCUT2D eigenvalue weighted by atomic mass is 10.1. The molecular weight excluding hydrogens is 241 g/mol. The smallest absolute Gasteiger partial charge is 0.293 e. The molecule has 0 radical (unpaired) electrons. The van der Waals surface area contributed by atoms with E-state index < -0.39 is 11.4 Å². The highest BCUT2D eigenvalue weighted by atomic mass is 19.1. The van der Waals surface area contributed by atoms with Crippen molar-refractivity contribution in [2.45, 2.75) is 0 Å². The van der Waals surface area contributed by atoms with Crippen molar-refractivity contribution in [3.05, 3.63) is 34.8 Å². The van der Waals surface area contributed by atoms with Gasteiger partial charge in [-0.25, -0.2) is 14.4 Å². The van der Waals surface area contributed by atoms with Crippen LogP contribution in [0, 0.1) is 5.82 Å². The Balaban J connectivity index is 2.70. The molecule has 0 bridgehead atoms. The van der Waals surface area contributed by atoms with Gasteiger partial charge in [-0.2, -0.15) is 0 Å². The first-order valence-corrected chi connectivity index (χ1v) is 4.99. The van der Waals surface area contributed by atoms with Crippen LogP contribution in [0.4, 0.5) is 4.39 Å². The Bertz CT molecular complexity index is 627. The summed E-state index contributed by atoms with van der Waals surface area (Å²) in [6.07, 6.45) is 2.53. The first kappa shape index (κ1) is 12.0. The average molecular weight is 251 g/mol. The summed E-state index contributed by atoms with van der Waals surface area (Å²) in [7, 11) is 2.61. The summed E-state index contributed by atoms with van der Waals surface area (Å²) in [5.74, 6) is -0.933. The lowest BCUT2D eigenvalue weighted by Crippen LogP contribution is -2.11. The Morgan fingerprint density at radius 3 is 2.72 bits per heavy atom. The normalized spacial score (nSPS) is 10.2. The van der Waals surface area contributed by atoms with Crippen molar-refractivity contribution in [2.75, 3.05) is 14.2 Å². The van der Waals surface area contributed by atoms with Crippen LogP contribution in [0.5, 0.6) is 11.6 Å². The van der Waals surface area contributed by atoms with Crippen molar-refractivity contribution in [1.29, 1.82) is 0 Å². The highest BCUT2D eigenvalue weighted by Crippen LogP contribution is 2.29. The molecule has 2 heterocycles. The third-order valence-electron chi connectivity index (χ3n) is 2.32. The molecule has 0 saturated heterocycles. The maximum Gasteiger partial charge on any atom is 0.293 e. The van der Waals surface area contributed by atoms with E-state index >= 15 is 0 Å². The maximum atomic E-state index is 14.0. The van der Waals surface area contributed by atoms with Crippen LogP contribution < -0.4 is 15.0 Å². The lowest BCUT2D eigenvalue weighted by molar-refractivity contribution is 0.369. The van der Waals surface area contributed by atoms with Gasteiger partial charge in [0.2, 0.25) is 5.75 Å². The second kappa shape index (κ2) is 4.82. The summed E-state index contributed by atoms with van der Waals surface area (Å²) in [5, 5.41) is 0. The number of aromatic amines is 1. The number of pyridine rings is 1. The van der Waals surface area contributed by atoms with Crippen LogP contribution in [0.15, 0.2) is 23.4 Å². The zero-order valence-electron chi connectivity index (χ0n) is 9.73. The molecule has 0 atom stereocenters. The molecule has 6 nitrogen and oxygen atoms in total. The summed E-state index contributed by atoms with van der Waals surface area (Å²) in [6, 6.07) is 1.39. The maximum absolute atomic E-state index is 14.0. The number of methoxy groups -OCH3 is 2. The Hall–Kier alpha value is -2.44. The van der Waals surface area contributed by atoms with Gasteiger partial charge in [-0.15, -0.1) is 0 Å². The van der Waals surface area contributed by atoms with Crippen molar-refractivity contribution >= 4 is 0 Å². The van der Waals surface area contributed by atoms with Crippen LogP contribution >= 0.6 is 0 Å². The molecule has 2 rings (SSSR count). The molecule has 0 saturated carbocycles. The second-order valence-corrected chi connectivity index (χ2v) is 3.30. The number of hydrogen-bond donors (Lipinski definition) is 1. The van der Waals surface area contributed by atoms with Gasteiger partial charge in [0, 0.05) is 11.8 Å². The first-order valence-electron chi connectivity index (χ1n) is 4.99. The minimum Gasteiger partial charge on any atom is -0.490 e. The van der Waals surface area contributed by atoms with E-state index in [1.54, 1.807) is 0 Å². The fourth-order valence-corrected chi connectivity index (χ4v) is 1.52. The Morgan fingerprint density at radius 2 is 2.06 bits per heavy atom. The van der Waals surface area contributed by atoms with E-state index in [0.29, 0.717) is 0 Å². The molecule has 0 aliphatic heterocycles. The van der Waals surface area contributed by atoms with E-state index in [1.807, 2.05) is 0 Å². The van der Waals surface area contributed by atoms with E-state index in [0.717, 1.165) is 0 Å². The van der Waals surface area contributed by atoms with Gasteiger partial charge < -0.3 is 14.5 Å². The molecule has 0 aromatic carbocycles. The van der Waals surface area contributed by atoms with Crippen LogP contribution in [0.1, 0.15) is 0 Å². The van der Waals surface area contributed by atoms with Gasteiger partial charge in [-0.1, -0.05) is 0 Å². The summed E-state index contributed by atoms with van der Waals surface area (Å²) in [4.78, 5) is 21.5. The van der Waals surface area contributed by atoms with Crippen molar-refractivity contribution in [1.82, 2.24) is 15.0 Å². The van der Waals surface area contributed by atoms with Crippen molar-refractivity contribution in [2.24, 2.45) is 0 Å². The molecule has 0 aliphatic rings. The highest BCUT2D eigenvalue weighted by molar-refractivity contribution is 5.66. The van der Waals surface area contributed by atoms with Crippen molar-refractivity contribution < 1.29 is 13.9 Å². The summed E-state index contributed by atoms with van der Waals surface area (Å²) in [5.41, 5.74) is -0.304.